The van der Waals surface area contributed by atoms with E-state index in [9.17, 15) is 9.18 Å². The summed E-state index contributed by atoms with van der Waals surface area (Å²) in [5.41, 5.74) is 8.81. The third kappa shape index (κ3) is 2.86. The molecule has 0 spiro atoms. The monoisotopic (exact) mass is 362 g/mol. The van der Waals surface area contributed by atoms with Crippen molar-refractivity contribution in [2.45, 2.75) is 0 Å². The van der Waals surface area contributed by atoms with Crippen molar-refractivity contribution in [3.05, 3.63) is 60.4 Å². The molecule has 8 heteroatoms. The zero-order chi connectivity index (χ0) is 19.0. The van der Waals surface area contributed by atoms with Gasteiger partial charge in [-0.2, -0.15) is 0 Å². The second-order valence-electron chi connectivity index (χ2n) is 5.89. The number of fused-ring (bicyclic) bond motifs is 1. The molecule has 4 rings (SSSR count). The van der Waals surface area contributed by atoms with Gasteiger partial charge < -0.3 is 16.0 Å². The summed E-state index contributed by atoms with van der Waals surface area (Å²) >= 11 is 0. The summed E-state index contributed by atoms with van der Waals surface area (Å²) in [5, 5.41) is 3.14. The van der Waals surface area contributed by atoms with E-state index in [2.05, 4.69) is 25.3 Å². The number of benzene rings is 1. The Labute approximate surface area is 153 Å². The average molecular weight is 362 g/mol. The summed E-state index contributed by atoms with van der Waals surface area (Å²) in [4.78, 5) is 27.3. The molecule has 4 N–H and O–H groups in total. The number of anilines is 1. The normalized spacial score (nSPS) is 10.9. The quantitative estimate of drug-likeness (QED) is 0.519. The fourth-order valence-corrected chi connectivity index (χ4v) is 2.94. The van der Waals surface area contributed by atoms with E-state index in [0.717, 1.165) is 0 Å². The van der Waals surface area contributed by atoms with Gasteiger partial charge in [0.25, 0.3) is 5.91 Å². The fourth-order valence-electron chi connectivity index (χ4n) is 2.94. The molecule has 1 aromatic carbocycles. The SMILES string of the molecule is CNC(=O)c1cnc(N)c2[nH]c(-c3ccc(-c4cnccn4)cc3F)cc12. The first-order valence-corrected chi connectivity index (χ1v) is 8.14. The highest BCUT2D eigenvalue weighted by molar-refractivity contribution is 6.09. The molecule has 3 heterocycles. The lowest BCUT2D eigenvalue weighted by Gasteiger charge is -2.04. The number of aromatic amines is 1. The number of halogens is 1. The molecule has 0 saturated carbocycles. The molecule has 3 aromatic heterocycles. The maximum atomic E-state index is 14.8. The van der Waals surface area contributed by atoms with E-state index >= 15 is 0 Å². The molecule has 0 fully saturated rings. The van der Waals surface area contributed by atoms with E-state index in [4.69, 9.17) is 5.73 Å². The number of hydrogen-bond acceptors (Lipinski definition) is 5. The van der Waals surface area contributed by atoms with Crippen LogP contribution >= 0.6 is 0 Å². The number of nitrogens with two attached hydrogens (primary N) is 1. The van der Waals surface area contributed by atoms with Gasteiger partial charge in [0.2, 0.25) is 0 Å². The third-order valence-electron chi connectivity index (χ3n) is 4.29. The first-order valence-electron chi connectivity index (χ1n) is 8.14. The second kappa shape index (κ2) is 6.49. The Kier molecular flexibility index (Phi) is 4.00. The molecule has 0 aliphatic carbocycles. The molecule has 134 valence electrons. The van der Waals surface area contributed by atoms with Crippen LogP contribution in [0.15, 0.2) is 49.1 Å². The van der Waals surface area contributed by atoms with Crippen LogP contribution in [-0.4, -0.2) is 32.9 Å². The number of pyridine rings is 1. The van der Waals surface area contributed by atoms with Gasteiger partial charge in [0.05, 0.1) is 23.0 Å². The minimum Gasteiger partial charge on any atom is -0.382 e. The summed E-state index contributed by atoms with van der Waals surface area (Å²) in [6.45, 7) is 0. The van der Waals surface area contributed by atoms with Crippen LogP contribution in [0, 0.1) is 5.82 Å². The molecule has 0 unspecified atom stereocenters. The molecule has 0 aliphatic rings. The molecule has 0 radical (unpaired) electrons. The van der Waals surface area contributed by atoms with Crippen molar-refractivity contribution >= 4 is 22.6 Å². The predicted molar refractivity (Wildman–Crippen MR) is 100 cm³/mol. The zero-order valence-electron chi connectivity index (χ0n) is 14.3. The molecular formula is C19H15FN6O. The molecule has 0 saturated heterocycles. The van der Waals surface area contributed by atoms with Crippen molar-refractivity contribution in [1.29, 1.82) is 0 Å². The van der Waals surface area contributed by atoms with Crippen LogP contribution in [0.1, 0.15) is 10.4 Å². The van der Waals surface area contributed by atoms with E-state index < -0.39 is 5.82 Å². The number of aromatic nitrogens is 4. The zero-order valence-corrected chi connectivity index (χ0v) is 14.3. The van der Waals surface area contributed by atoms with Crippen molar-refractivity contribution in [1.82, 2.24) is 25.3 Å². The third-order valence-corrected chi connectivity index (χ3v) is 4.29. The Bertz CT molecular complexity index is 1160. The lowest BCUT2D eigenvalue weighted by Crippen LogP contribution is -2.18. The number of nitrogens with zero attached hydrogens (tertiary/aromatic N) is 3. The topological polar surface area (TPSA) is 110 Å². The number of hydrogen-bond donors (Lipinski definition) is 3. The van der Waals surface area contributed by atoms with Gasteiger partial charge in [-0.1, -0.05) is 6.07 Å². The van der Waals surface area contributed by atoms with Crippen LogP contribution in [0.2, 0.25) is 0 Å². The first kappa shape index (κ1) is 16.6. The highest BCUT2D eigenvalue weighted by Gasteiger charge is 2.17. The molecular weight excluding hydrogens is 347 g/mol. The van der Waals surface area contributed by atoms with Gasteiger partial charge >= 0.3 is 0 Å². The Morgan fingerprint density at radius 3 is 2.74 bits per heavy atom. The molecule has 7 nitrogen and oxygen atoms in total. The van der Waals surface area contributed by atoms with Crippen molar-refractivity contribution in [2.24, 2.45) is 0 Å². The van der Waals surface area contributed by atoms with Crippen LogP contribution < -0.4 is 11.1 Å². The lowest BCUT2D eigenvalue weighted by molar-refractivity contribution is 0.0964. The van der Waals surface area contributed by atoms with Gasteiger partial charge in [0.1, 0.15) is 11.6 Å². The molecule has 0 atom stereocenters. The molecule has 0 bridgehead atoms. The van der Waals surface area contributed by atoms with Gasteiger partial charge in [-0.05, 0) is 18.2 Å². The summed E-state index contributed by atoms with van der Waals surface area (Å²) in [6, 6.07) is 6.49. The van der Waals surface area contributed by atoms with Crippen LogP contribution in [0.4, 0.5) is 10.2 Å². The van der Waals surface area contributed by atoms with Crippen molar-refractivity contribution < 1.29 is 9.18 Å². The Morgan fingerprint density at radius 1 is 1.19 bits per heavy atom. The van der Waals surface area contributed by atoms with Gasteiger partial charge in [-0.3, -0.25) is 14.8 Å². The molecule has 27 heavy (non-hydrogen) atoms. The summed E-state index contributed by atoms with van der Waals surface area (Å²) in [6.07, 6.45) is 6.08. The van der Waals surface area contributed by atoms with Crippen LogP contribution in [0.3, 0.4) is 0 Å². The Balaban J connectivity index is 1.83. The number of rotatable bonds is 3. The maximum absolute atomic E-state index is 14.8. The lowest BCUT2D eigenvalue weighted by atomic mass is 10.1. The summed E-state index contributed by atoms with van der Waals surface area (Å²) < 4.78 is 14.8. The smallest absolute Gasteiger partial charge is 0.253 e. The number of nitrogens with one attached hydrogen (secondary N) is 2. The summed E-state index contributed by atoms with van der Waals surface area (Å²) in [5.74, 6) is -0.491. The molecule has 4 aromatic rings. The van der Waals surface area contributed by atoms with Crippen molar-refractivity contribution in [3.8, 4) is 22.5 Å². The van der Waals surface area contributed by atoms with Gasteiger partial charge in [-0.15, -0.1) is 0 Å². The number of amides is 1. The number of H-pyrrole nitrogens is 1. The average Bonchev–Trinajstić information content (AvgIpc) is 3.14. The van der Waals surface area contributed by atoms with Crippen molar-refractivity contribution in [3.63, 3.8) is 0 Å². The fraction of sp³-hybridized carbons (Fsp3) is 0.0526. The van der Waals surface area contributed by atoms with E-state index in [1.165, 1.54) is 19.3 Å². The largest absolute Gasteiger partial charge is 0.382 e. The summed E-state index contributed by atoms with van der Waals surface area (Å²) in [7, 11) is 1.53. The minimum atomic E-state index is -0.433. The maximum Gasteiger partial charge on any atom is 0.253 e. The standard InChI is InChI=1S/C19H15FN6O/c1-22-19(27)13-8-25-18(21)17-12(13)7-15(26-17)11-3-2-10(6-14(11)20)16-9-23-4-5-24-16/h2-9,26H,1H3,(H2,21,25)(H,22,27). The van der Waals surface area contributed by atoms with E-state index in [0.29, 0.717) is 39.0 Å². The Hall–Kier alpha value is -3.81. The van der Waals surface area contributed by atoms with Crippen LogP contribution in [0.5, 0.6) is 0 Å². The van der Waals surface area contributed by atoms with E-state index in [1.807, 2.05) is 0 Å². The predicted octanol–water partition coefficient (Wildman–Crippen LogP) is 2.77. The highest BCUT2D eigenvalue weighted by atomic mass is 19.1. The van der Waals surface area contributed by atoms with Gasteiger partial charge in [-0.25, -0.2) is 9.37 Å². The van der Waals surface area contributed by atoms with Gasteiger partial charge in [0.15, 0.2) is 0 Å². The van der Waals surface area contributed by atoms with Crippen LogP contribution in [-0.2, 0) is 0 Å². The minimum absolute atomic E-state index is 0.237. The molecule has 0 aliphatic heterocycles. The van der Waals surface area contributed by atoms with Crippen molar-refractivity contribution in [2.75, 3.05) is 12.8 Å². The van der Waals surface area contributed by atoms with Gasteiger partial charge in [0, 0.05) is 47.8 Å². The number of nitrogen functional groups attached to an aromatic ring is 1. The highest BCUT2D eigenvalue weighted by Crippen LogP contribution is 2.31. The first-order chi connectivity index (χ1) is 13.1. The van der Waals surface area contributed by atoms with E-state index in [1.54, 1.807) is 36.8 Å². The Morgan fingerprint density at radius 2 is 2.04 bits per heavy atom. The number of carbonyl (C=O) groups is 1. The molecule has 1 amide bonds. The van der Waals surface area contributed by atoms with E-state index in [-0.39, 0.29) is 11.7 Å². The second-order valence-corrected chi connectivity index (χ2v) is 5.89. The number of carbonyl (C=O) groups excluding carboxylic acids is 1. The van der Waals surface area contributed by atoms with Crippen LogP contribution in [0.25, 0.3) is 33.4 Å².